The molecule has 94 valence electrons. The van der Waals surface area contributed by atoms with Gasteiger partial charge in [0, 0.05) is 28.5 Å². The number of amides is 1. The third-order valence-corrected chi connectivity index (χ3v) is 3.77. The van der Waals surface area contributed by atoms with Crippen molar-refractivity contribution in [3.63, 3.8) is 0 Å². The summed E-state index contributed by atoms with van der Waals surface area (Å²) >= 11 is 3.47. The molecular formula is C14H15BrN2O. The number of aromatic nitrogens is 1. The number of rotatable bonds is 2. The highest BCUT2D eigenvalue weighted by Crippen LogP contribution is 2.29. The summed E-state index contributed by atoms with van der Waals surface area (Å²) in [4.78, 5) is 11.4. The number of benzene rings is 1. The maximum absolute atomic E-state index is 11.4. The first-order chi connectivity index (χ1) is 8.41. The lowest BCUT2D eigenvalue weighted by atomic mass is 10.1. The van der Waals surface area contributed by atoms with Crippen LogP contribution in [0.25, 0.3) is 11.3 Å². The van der Waals surface area contributed by atoms with Gasteiger partial charge in [-0.3, -0.25) is 4.79 Å². The van der Waals surface area contributed by atoms with Crippen LogP contribution in [0.4, 0.5) is 0 Å². The molecule has 3 nitrogen and oxygen atoms in total. The number of nitrogens with zero attached hydrogens (tertiary/aromatic N) is 1. The Kier molecular flexibility index (Phi) is 3.30. The topological polar surface area (TPSA) is 48.0 Å². The highest BCUT2D eigenvalue weighted by atomic mass is 79.9. The smallest absolute Gasteiger partial charge is 0.250 e. The zero-order chi connectivity index (χ0) is 13.4. The third-order valence-electron chi connectivity index (χ3n) is 3.28. The van der Waals surface area contributed by atoms with Gasteiger partial charge in [-0.05, 0) is 37.6 Å². The monoisotopic (exact) mass is 306 g/mol. The van der Waals surface area contributed by atoms with Crippen LogP contribution in [0.15, 0.2) is 28.7 Å². The quantitative estimate of drug-likeness (QED) is 0.910. The molecule has 0 spiro atoms. The molecule has 0 radical (unpaired) electrons. The fourth-order valence-corrected chi connectivity index (χ4v) is 2.44. The molecule has 18 heavy (non-hydrogen) atoms. The van der Waals surface area contributed by atoms with Crippen LogP contribution in [0.3, 0.4) is 0 Å². The second-order valence-electron chi connectivity index (χ2n) is 4.41. The van der Waals surface area contributed by atoms with Crippen LogP contribution in [0.2, 0.25) is 0 Å². The summed E-state index contributed by atoms with van der Waals surface area (Å²) in [6.45, 7) is 3.95. The number of primary amides is 1. The van der Waals surface area contributed by atoms with Crippen LogP contribution in [0, 0.1) is 13.8 Å². The van der Waals surface area contributed by atoms with Crippen molar-refractivity contribution in [3.8, 4) is 11.3 Å². The summed E-state index contributed by atoms with van der Waals surface area (Å²) < 4.78 is 3.01. The lowest BCUT2D eigenvalue weighted by Crippen LogP contribution is -2.11. The normalized spacial score (nSPS) is 10.7. The molecule has 1 aromatic carbocycles. The van der Waals surface area contributed by atoms with Crippen molar-refractivity contribution in [1.82, 2.24) is 4.57 Å². The molecule has 1 heterocycles. The molecule has 2 aromatic rings. The predicted molar refractivity (Wildman–Crippen MR) is 76.5 cm³/mol. The van der Waals surface area contributed by atoms with Gasteiger partial charge in [-0.2, -0.15) is 0 Å². The van der Waals surface area contributed by atoms with Gasteiger partial charge in [0.2, 0.25) is 0 Å². The van der Waals surface area contributed by atoms with Gasteiger partial charge in [0.25, 0.3) is 5.91 Å². The van der Waals surface area contributed by atoms with E-state index in [1.807, 2.05) is 43.7 Å². The maximum atomic E-state index is 11.4. The highest BCUT2D eigenvalue weighted by molar-refractivity contribution is 9.10. The predicted octanol–water partition coefficient (Wildman–Crippen LogP) is 3.17. The Labute approximate surface area is 115 Å². The van der Waals surface area contributed by atoms with E-state index in [9.17, 15) is 4.79 Å². The SMILES string of the molecule is Cc1ccc(Br)cc1-c1cc(C(N)=O)c(C)n1C. The lowest BCUT2D eigenvalue weighted by Gasteiger charge is -2.09. The van der Waals surface area contributed by atoms with Gasteiger partial charge in [-0.25, -0.2) is 0 Å². The minimum Gasteiger partial charge on any atom is -0.366 e. The van der Waals surface area contributed by atoms with Crippen LogP contribution in [-0.2, 0) is 7.05 Å². The first-order valence-corrected chi connectivity index (χ1v) is 6.43. The van der Waals surface area contributed by atoms with E-state index in [0.29, 0.717) is 5.56 Å². The standard InChI is InChI=1S/C14H15BrN2O/c1-8-4-5-10(15)6-11(8)13-7-12(14(16)18)9(2)17(13)3/h4-7H,1-3H3,(H2,16,18). The zero-order valence-corrected chi connectivity index (χ0v) is 12.2. The summed E-state index contributed by atoms with van der Waals surface area (Å²) in [5.74, 6) is -0.387. The van der Waals surface area contributed by atoms with Crippen LogP contribution < -0.4 is 5.73 Å². The van der Waals surface area contributed by atoms with Crippen molar-refractivity contribution >= 4 is 21.8 Å². The van der Waals surface area contributed by atoms with Gasteiger partial charge in [0.05, 0.1) is 5.56 Å². The van der Waals surface area contributed by atoms with E-state index in [4.69, 9.17) is 5.73 Å². The molecule has 2 N–H and O–H groups in total. The van der Waals surface area contributed by atoms with Crippen LogP contribution >= 0.6 is 15.9 Å². The molecule has 1 aromatic heterocycles. The summed E-state index contributed by atoms with van der Waals surface area (Å²) in [5.41, 5.74) is 10.1. The number of halogens is 1. The number of hydrogen-bond acceptors (Lipinski definition) is 1. The lowest BCUT2D eigenvalue weighted by molar-refractivity contribution is 0.0999. The first-order valence-electron chi connectivity index (χ1n) is 5.64. The third kappa shape index (κ3) is 2.08. The van der Waals surface area contributed by atoms with Gasteiger partial charge >= 0.3 is 0 Å². The van der Waals surface area contributed by atoms with E-state index < -0.39 is 0 Å². The Morgan fingerprint density at radius 1 is 1.28 bits per heavy atom. The number of carbonyl (C=O) groups excluding carboxylic acids is 1. The van der Waals surface area contributed by atoms with Gasteiger partial charge in [-0.1, -0.05) is 22.0 Å². The Morgan fingerprint density at radius 2 is 1.94 bits per heavy atom. The van der Waals surface area contributed by atoms with Crippen molar-refractivity contribution in [2.24, 2.45) is 12.8 Å². The Bertz CT molecular complexity index is 629. The van der Waals surface area contributed by atoms with E-state index in [1.54, 1.807) is 0 Å². The Hall–Kier alpha value is -1.55. The molecule has 0 aliphatic carbocycles. The largest absolute Gasteiger partial charge is 0.366 e. The van der Waals surface area contributed by atoms with Crippen LogP contribution in [-0.4, -0.2) is 10.5 Å². The molecule has 1 amide bonds. The van der Waals surface area contributed by atoms with Crippen molar-refractivity contribution in [2.45, 2.75) is 13.8 Å². The first kappa shape index (κ1) is 12.9. The second kappa shape index (κ2) is 4.61. The molecule has 2 rings (SSSR count). The van der Waals surface area contributed by atoms with Crippen molar-refractivity contribution in [1.29, 1.82) is 0 Å². The molecule has 0 atom stereocenters. The number of hydrogen-bond donors (Lipinski definition) is 1. The van der Waals surface area contributed by atoms with E-state index in [-0.39, 0.29) is 5.91 Å². The number of carbonyl (C=O) groups is 1. The maximum Gasteiger partial charge on any atom is 0.250 e. The van der Waals surface area contributed by atoms with E-state index in [0.717, 1.165) is 27.0 Å². The van der Waals surface area contributed by atoms with Crippen molar-refractivity contribution < 1.29 is 4.79 Å². The summed E-state index contributed by atoms with van der Waals surface area (Å²) in [6.07, 6.45) is 0. The van der Waals surface area contributed by atoms with E-state index >= 15 is 0 Å². The van der Waals surface area contributed by atoms with Gasteiger partial charge in [0.15, 0.2) is 0 Å². The highest BCUT2D eigenvalue weighted by Gasteiger charge is 2.15. The molecule has 0 bridgehead atoms. The van der Waals surface area contributed by atoms with Crippen LogP contribution in [0.1, 0.15) is 21.6 Å². The van der Waals surface area contributed by atoms with Gasteiger partial charge < -0.3 is 10.3 Å². The van der Waals surface area contributed by atoms with E-state index in [1.165, 1.54) is 0 Å². The number of aryl methyl sites for hydroxylation is 1. The van der Waals surface area contributed by atoms with E-state index in [2.05, 4.69) is 22.0 Å². The molecule has 0 aliphatic heterocycles. The fourth-order valence-electron chi connectivity index (χ4n) is 2.08. The van der Waals surface area contributed by atoms with Gasteiger partial charge in [-0.15, -0.1) is 0 Å². The Morgan fingerprint density at radius 3 is 2.50 bits per heavy atom. The molecule has 4 heteroatoms. The fraction of sp³-hybridized carbons (Fsp3) is 0.214. The van der Waals surface area contributed by atoms with Crippen molar-refractivity contribution in [2.75, 3.05) is 0 Å². The average Bonchev–Trinajstić information content (AvgIpc) is 2.60. The van der Waals surface area contributed by atoms with Crippen molar-refractivity contribution in [3.05, 3.63) is 45.6 Å². The summed E-state index contributed by atoms with van der Waals surface area (Å²) in [7, 11) is 1.94. The second-order valence-corrected chi connectivity index (χ2v) is 5.33. The van der Waals surface area contributed by atoms with Gasteiger partial charge in [0.1, 0.15) is 0 Å². The molecular weight excluding hydrogens is 292 g/mol. The average molecular weight is 307 g/mol. The minimum atomic E-state index is -0.387. The summed E-state index contributed by atoms with van der Waals surface area (Å²) in [5, 5.41) is 0. The van der Waals surface area contributed by atoms with Crippen LogP contribution in [0.5, 0.6) is 0 Å². The zero-order valence-electron chi connectivity index (χ0n) is 10.6. The molecule has 0 saturated heterocycles. The summed E-state index contributed by atoms with van der Waals surface area (Å²) in [6, 6.07) is 7.95. The number of nitrogens with two attached hydrogens (primary N) is 1. The molecule has 0 saturated carbocycles. The minimum absolute atomic E-state index is 0.387. The molecule has 0 unspecified atom stereocenters. The molecule has 0 aliphatic rings. The molecule has 0 fully saturated rings. The Balaban J connectivity index is 2.68.